The Labute approximate surface area is 212 Å². The third-order valence-corrected chi connectivity index (χ3v) is 6.53. The molecule has 1 aromatic carbocycles. The number of hydrogen-bond acceptors (Lipinski definition) is 6. The number of aryl methyl sites for hydroxylation is 1. The molecule has 0 unspecified atom stereocenters. The van der Waals surface area contributed by atoms with E-state index in [1.165, 1.54) is 4.31 Å². The summed E-state index contributed by atoms with van der Waals surface area (Å²) >= 11 is 0. The Morgan fingerprint density at radius 1 is 1.15 bits per heavy atom. The Morgan fingerprint density at radius 3 is 2.12 bits per heavy atom. The normalized spacial score (nSPS) is 16.6. The van der Waals surface area contributed by atoms with Crippen LogP contribution in [0.15, 0.2) is 29.2 Å². The molecule has 7 nitrogen and oxygen atoms in total. The number of carboxylic acid groups (broad SMARTS) is 1. The average Bonchev–Trinajstić information content (AvgIpc) is 2.55. The molecule has 0 bridgehead atoms. The predicted octanol–water partition coefficient (Wildman–Crippen LogP) is -2.53. The Balaban J connectivity index is 0.00000338. The van der Waals surface area contributed by atoms with Crippen LogP contribution in [0.3, 0.4) is 0 Å². The molecule has 0 aliphatic carbocycles. The molecule has 2 rings (SSSR count). The van der Waals surface area contributed by atoms with E-state index in [0.717, 1.165) is 5.56 Å². The summed E-state index contributed by atoms with van der Waals surface area (Å²) in [6, 6.07) is 6.68. The van der Waals surface area contributed by atoms with Gasteiger partial charge in [-0.3, -0.25) is 0 Å². The van der Waals surface area contributed by atoms with E-state index in [1.54, 1.807) is 38.1 Å². The smallest absolute Gasteiger partial charge is 0.539 e. The maximum atomic E-state index is 12.7. The van der Waals surface area contributed by atoms with Crippen LogP contribution in [0.2, 0.25) is 0 Å². The van der Waals surface area contributed by atoms with E-state index in [1.807, 2.05) is 6.92 Å². The summed E-state index contributed by atoms with van der Waals surface area (Å²) in [4.78, 5) is 22.0. The summed E-state index contributed by atoms with van der Waals surface area (Å²) in [6.07, 6.45) is 0.941. The Bertz CT molecular complexity index is 752. The van der Waals surface area contributed by atoms with E-state index in [-0.39, 0.29) is 92.8 Å². The molecule has 0 radical (unpaired) electrons. The molecule has 1 aliphatic heterocycles. The molecular formula is C17H22CsNO6S. The largest absolute Gasteiger partial charge is 1.00 e. The number of ether oxygens (including phenoxy) is 1. The molecule has 0 spiro atoms. The third kappa shape index (κ3) is 5.81. The molecule has 1 fully saturated rings. The number of aliphatic carboxylic acids is 1. The van der Waals surface area contributed by atoms with Crippen LogP contribution in [0.25, 0.3) is 0 Å². The first-order chi connectivity index (χ1) is 11.5. The Morgan fingerprint density at radius 2 is 1.65 bits per heavy atom. The molecule has 1 aromatic rings. The van der Waals surface area contributed by atoms with Gasteiger partial charge in [0, 0.05) is 19.0 Å². The van der Waals surface area contributed by atoms with Gasteiger partial charge >= 0.3 is 74.9 Å². The summed E-state index contributed by atoms with van der Waals surface area (Å²) in [5.41, 5.74) is -0.0224. The molecular weight excluding hydrogens is 479 g/mol. The van der Waals surface area contributed by atoms with Crippen LogP contribution >= 0.6 is 0 Å². The van der Waals surface area contributed by atoms with Crippen molar-refractivity contribution in [3.63, 3.8) is 0 Å². The van der Waals surface area contributed by atoms with Crippen LogP contribution in [0.4, 0.5) is 0 Å². The van der Waals surface area contributed by atoms with Crippen LogP contribution in [0, 0.1) is 12.8 Å². The molecule has 26 heavy (non-hydrogen) atoms. The minimum absolute atomic E-state index is 0. The van der Waals surface area contributed by atoms with Gasteiger partial charge in [0.25, 0.3) is 0 Å². The number of sulfonamides is 1. The molecule has 0 atom stereocenters. The van der Waals surface area contributed by atoms with E-state index in [4.69, 9.17) is 4.74 Å². The standard InChI is InChI=1S/C17H23NO6S.Cs/c1-12-4-6-14(7-5-12)25(22,23)18-10-8-13(9-11-18)17(2,3)24-16(21)15(19)20;/h4-7,13H,8-11H2,1-3H3,(H,19,20);/q;+1/p-1. The van der Waals surface area contributed by atoms with E-state index < -0.39 is 27.6 Å². The molecule has 0 saturated carbocycles. The first-order valence-electron chi connectivity index (χ1n) is 8.05. The van der Waals surface area contributed by atoms with Crippen molar-refractivity contribution < 1.29 is 96.7 Å². The minimum Gasteiger partial charge on any atom is -0.539 e. The van der Waals surface area contributed by atoms with Crippen LogP contribution < -0.4 is 74.0 Å². The molecule has 1 saturated heterocycles. The molecule has 0 aromatic heterocycles. The SMILES string of the molecule is Cc1ccc(S(=O)(=O)N2CCC(C(C)(C)OC(=O)C(=O)[O-])CC2)cc1.[Cs+]. The van der Waals surface area contributed by atoms with E-state index >= 15 is 0 Å². The second kappa shape index (κ2) is 9.55. The number of esters is 1. The summed E-state index contributed by atoms with van der Waals surface area (Å²) in [5.74, 6) is -3.42. The fourth-order valence-electron chi connectivity index (χ4n) is 3.01. The zero-order valence-corrected chi connectivity index (χ0v) is 22.6. The summed E-state index contributed by atoms with van der Waals surface area (Å²) in [6.45, 7) is 5.71. The summed E-state index contributed by atoms with van der Waals surface area (Å²) in [7, 11) is -3.56. The van der Waals surface area contributed by atoms with Crippen LogP contribution in [-0.2, 0) is 24.3 Å². The molecule has 1 aliphatic rings. The van der Waals surface area contributed by atoms with Crippen molar-refractivity contribution in [3.05, 3.63) is 29.8 Å². The van der Waals surface area contributed by atoms with Gasteiger partial charge in [0.05, 0.1) is 4.90 Å². The summed E-state index contributed by atoms with van der Waals surface area (Å²) < 4.78 is 31.7. The van der Waals surface area contributed by atoms with Gasteiger partial charge in [-0.25, -0.2) is 13.2 Å². The van der Waals surface area contributed by atoms with Gasteiger partial charge in [0.2, 0.25) is 10.0 Å². The topological polar surface area (TPSA) is 104 Å². The molecule has 0 amide bonds. The van der Waals surface area contributed by atoms with Gasteiger partial charge in [-0.15, -0.1) is 0 Å². The monoisotopic (exact) mass is 501 g/mol. The van der Waals surface area contributed by atoms with Crippen molar-refractivity contribution >= 4 is 22.0 Å². The fourth-order valence-corrected chi connectivity index (χ4v) is 4.48. The zero-order chi connectivity index (χ0) is 18.8. The van der Waals surface area contributed by atoms with Crippen molar-refractivity contribution in [3.8, 4) is 0 Å². The van der Waals surface area contributed by atoms with Crippen LogP contribution in [-0.4, -0.2) is 43.4 Å². The van der Waals surface area contributed by atoms with Gasteiger partial charge in [0.1, 0.15) is 5.60 Å². The minimum atomic E-state index is -3.56. The van der Waals surface area contributed by atoms with Gasteiger partial charge in [-0.05, 0) is 45.7 Å². The maximum Gasteiger partial charge on any atom is 1.00 e. The quantitative estimate of drug-likeness (QED) is 0.333. The van der Waals surface area contributed by atoms with Gasteiger partial charge in [0.15, 0.2) is 5.97 Å². The molecule has 1 heterocycles. The van der Waals surface area contributed by atoms with Crippen molar-refractivity contribution in [2.75, 3.05) is 13.1 Å². The molecule has 138 valence electrons. The number of carboxylic acids is 1. The van der Waals surface area contributed by atoms with Crippen LogP contribution in [0.5, 0.6) is 0 Å². The first kappa shape index (κ1) is 24.2. The average molecular weight is 501 g/mol. The van der Waals surface area contributed by atoms with E-state index in [9.17, 15) is 23.1 Å². The fraction of sp³-hybridized carbons (Fsp3) is 0.529. The second-order valence-corrected chi connectivity index (χ2v) is 8.71. The van der Waals surface area contributed by atoms with Crippen molar-refractivity contribution in [1.29, 1.82) is 0 Å². The van der Waals surface area contributed by atoms with Crippen molar-refractivity contribution in [2.45, 2.75) is 44.1 Å². The number of carbonyl (C=O) groups is 2. The third-order valence-electron chi connectivity index (χ3n) is 4.62. The van der Waals surface area contributed by atoms with Gasteiger partial charge in [-0.2, -0.15) is 4.31 Å². The number of hydrogen-bond donors (Lipinski definition) is 0. The maximum absolute atomic E-state index is 12.7. The number of nitrogens with zero attached hydrogens (tertiary/aromatic N) is 1. The Kier molecular flexibility index (Phi) is 8.87. The van der Waals surface area contributed by atoms with Gasteiger partial charge in [-0.1, -0.05) is 17.7 Å². The first-order valence-corrected chi connectivity index (χ1v) is 9.49. The molecule has 9 heteroatoms. The number of piperidine rings is 1. The summed E-state index contributed by atoms with van der Waals surface area (Å²) in [5, 5.41) is 10.6. The molecule has 0 N–H and O–H groups in total. The predicted molar refractivity (Wildman–Crippen MR) is 87.8 cm³/mol. The number of carbonyl (C=O) groups excluding carboxylic acids is 2. The van der Waals surface area contributed by atoms with Gasteiger partial charge < -0.3 is 14.6 Å². The van der Waals surface area contributed by atoms with E-state index in [2.05, 4.69) is 0 Å². The zero-order valence-electron chi connectivity index (χ0n) is 15.5. The van der Waals surface area contributed by atoms with Crippen LogP contribution in [0.1, 0.15) is 32.3 Å². The van der Waals surface area contributed by atoms with Crippen molar-refractivity contribution in [1.82, 2.24) is 4.31 Å². The van der Waals surface area contributed by atoms with E-state index in [0.29, 0.717) is 12.8 Å². The number of benzene rings is 1. The Hall–Kier alpha value is 0.122. The van der Waals surface area contributed by atoms with Crippen molar-refractivity contribution in [2.24, 2.45) is 5.92 Å². The number of rotatable bonds is 4. The second-order valence-electron chi connectivity index (χ2n) is 6.77.